The number of Topliss-reactive ketones (excluding diaryl/α,β-unsaturated/α-hetero) is 1. The molecule has 1 aromatic carbocycles. The van der Waals surface area contributed by atoms with Crippen LogP contribution >= 0.6 is 0 Å². The fourth-order valence-corrected chi connectivity index (χ4v) is 5.69. The Morgan fingerprint density at radius 2 is 1.73 bits per heavy atom. The molecule has 7 heteroatoms. The van der Waals surface area contributed by atoms with Crippen LogP contribution in [-0.2, 0) is 4.79 Å². The average Bonchev–Trinajstić information content (AvgIpc) is 3.59. The number of rotatable bonds is 6. The number of carbonyl (C=O) groups is 3. The Balaban J connectivity index is 1.27. The first kappa shape index (κ1) is 25.2. The number of nitrogens with one attached hydrogen (secondary N) is 1. The summed E-state index contributed by atoms with van der Waals surface area (Å²) in [5.74, 6) is -0.202. The van der Waals surface area contributed by atoms with Crippen LogP contribution in [-0.4, -0.2) is 62.5 Å². The number of nitrogens with zero attached hydrogens (tertiary/aromatic N) is 3. The Bertz CT molecular complexity index is 1300. The summed E-state index contributed by atoms with van der Waals surface area (Å²) < 4.78 is 0. The van der Waals surface area contributed by atoms with Gasteiger partial charge in [0.15, 0.2) is 5.78 Å². The molecule has 37 heavy (non-hydrogen) atoms. The summed E-state index contributed by atoms with van der Waals surface area (Å²) in [5.41, 5.74) is 2.63. The number of aromatic amines is 1. The predicted octanol–water partition coefficient (Wildman–Crippen LogP) is 5.05. The molecule has 2 saturated heterocycles. The standard InChI is InChI=1S/C30H36N4O3/c1-18(2)20-10-11-25(31-15-20)29(37)34-17-21-13-22(34)16-33(21)28(36)23(30(3,4)5)14-27(35)26-12-19-8-6-7-9-24(19)32-26/h6-12,15,18,21-23,32H,13-14,16-17H2,1-5H3/t21-,22-,23+/m0/s1. The number of likely N-dealkylation sites (tertiary alicyclic amines) is 2. The number of benzene rings is 1. The predicted molar refractivity (Wildman–Crippen MR) is 143 cm³/mol. The van der Waals surface area contributed by atoms with Gasteiger partial charge >= 0.3 is 0 Å². The lowest BCUT2D eigenvalue weighted by molar-refractivity contribution is -0.141. The first-order valence-electron chi connectivity index (χ1n) is 13.2. The Labute approximate surface area is 218 Å². The van der Waals surface area contributed by atoms with Crippen LogP contribution in [0.2, 0.25) is 0 Å². The fourth-order valence-electron chi connectivity index (χ4n) is 5.69. The van der Waals surface area contributed by atoms with E-state index >= 15 is 0 Å². The van der Waals surface area contributed by atoms with Gasteiger partial charge in [-0.3, -0.25) is 19.4 Å². The van der Waals surface area contributed by atoms with E-state index in [0.717, 1.165) is 22.9 Å². The third-order valence-electron chi connectivity index (χ3n) is 8.02. The zero-order valence-electron chi connectivity index (χ0n) is 22.3. The van der Waals surface area contributed by atoms with Crippen LogP contribution in [0.5, 0.6) is 0 Å². The number of hydrogen-bond donors (Lipinski definition) is 1. The Morgan fingerprint density at radius 3 is 2.32 bits per heavy atom. The molecule has 4 heterocycles. The summed E-state index contributed by atoms with van der Waals surface area (Å²) in [6.07, 6.45) is 2.70. The molecule has 2 fully saturated rings. The summed E-state index contributed by atoms with van der Waals surface area (Å²) >= 11 is 0. The Morgan fingerprint density at radius 1 is 1.03 bits per heavy atom. The molecule has 1 N–H and O–H groups in total. The van der Waals surface area contributed by atoms with E-state index in [2.05, 4.69) is 23.8 Å². The average molecular weight is 501 g/mol. The molecule has 7 nitrogen and oxygen atoms in total. The SMILES string of the molecule is CC(C)c1ccc(C(=O)N2C[C@@H]3C[C@H]2CN3C(=O)[C@@H](CC(=O)c2cc3ccccc3[nH]2)C(C)(C)C)nc1. The zero-order chi connectivity index (χ0) is 26.5. The maximum Gasteiger partial charge on any atom is 0.272 e. The smallest absolute Gasteiger partial charge is 0.272 e. The first-order valence-corrected chi connectivity index (χ1v) is 13.2. The molecule has 2 amide bonds. The second-order valence-corrected chi connectivity index (χ2v) is 11.9. The molecular weight excluding hydrogens is 464 g/mol. The molecule has 0 unspecified atom stereocenters. The van der Waals surface area contributed by atoms with Crippen molar-refractivity contribution in [1.29, 1.82) is 0 Å². The third kappa shape index (κ3) is 4.79. The monoisotopic (exact) mass is 500 g/mol. The highest BCUT2D eigenvalue weighted by atomic mass is 16.2. The van der Waals surface area contributed by atoms with Crippen molar-refractivity contribution in [2.24, 2.45) is 11.3 Å². The summed E-state index contributed by atoms with van der Waals surface area (Å²) in [6.45, 7) is 11.3. The van der Waals surface area contributed by atoms with Crippen molar-refractivity contribution in [3.63, 3.8) is 0 Å². The number of para-hydroxylation sites is 1. The van der Waals surface area contributed by atoms with Gasteiger partial charge in [-0.05, 0) is 41.5 Å². The van der Waals surface area contributed by atoms with Crippen molar-refractivity contribution in [2.45, 2.75) is 65.5 Å². The minimum absolute atomic E-state index is 0.0102. The molecule has 0 saturated carbocycles. The van der Waals surface area contributed by atoms with Crippen molar-refractivity contribution >= 4 is 28.5 Å². The number of carbonyl (C=O) groups excluding carboxylic acids is 3. The number of piperazine rings is 1. The molecule has 2 aromatic heterocycles. The molecule has 0 spiro atoms. The zero-order valence-corrected chi connectivity index (χ0v) is 22.3. The number of fused-ring (bicyclic) bond motifs is 3. The van der Waals surface area contributed by atoms with Crippen molar-refractivity contribution in [1.82, 2.24) is 19.8 Å². The minimum atomic E-state index is -0.444. The number of pyridine rings is 1. The lowest BCUT2D eigenvalue weighted by Gasteiger charge is -2.39. The molecule has 2 aliphatic rings. The molecule has 3 atom stereocenters. The Kier molecular flexibility index (Phi) is 6.42. The molecule has 194 valence electrons. The van der Waals surface area contributed by atoms with Crippen molar-refractivity contribution in [3.8, 4) is 0 Å². The van der Waals surface area contributed by atoms with Crippen LogP contribution < -0.4 is 0 Å². The quantitative estimate of drug-likeness (QED) is 0.480. The molecule has 2 bridgehead atoms. The summed E-state index contributed by atoms with van der Waals surface area (Å²) in [4.78, 5) is 51.6. The van der Waals surface area contributed by atoms with Crippen LogP contribution in [0, 0.1) is 11.3 Å². The van der Waals surface area contributed by atoms with Gasteiger partial charge in [0.05, 0.1) is 23.7 Å². The van der Waals surface area contributed by atoms with Crippen LogP contribution in [0.15, 0.2) is 48.7 Å². The fraction of sp³-hybridized carbons (Fsp3) is 0.467. The molecule has 3 aromatic rings. The first-order chi connectivity index (χ1) is 17.5. The number of aromatic nitrogens is 2. The topological polar surface area (TPSA) is 86.4 Å². The van der Waals surface area contributed by atoms with Crippen LogP contribution in [0.4, 0.5) is 0 Å². The molecule has 2 aliphatic heterocycles. The van der Waals surface area contributed by atoms with Crippen LogP contribution in [0.25, 0.3) is 10.9 Å². The van der Waals surface area contributed by atoms with Gasteiger partial charge in [0.1, 0.15) is 5.69 Å². The minimum Gasteiger partial charge on any atom is -0.352 e. The molecule has 0 radical (unpaired) electrons. The van der Waals surface area contributed by atoms with Crippen molar-refractivity contribution in [3.05, 3.63) is 65.6 Å². The van der Waals surface area contributed by atoms with Gasteiger partial charge in [-0.1, -0.05) is 58.9 Å². The normalized spacial score (nSPS) is 20.2. The molecular formula is C30H36N4O3. The highest BCUT2D eigenvalue weighted by Crippen LogP contribution is 2.38. The number of ketones is 1. The number of H-pyrrole nitrogens is 1. The lowest BCUT2D eigenvalue weighted by Crippen LogP contribution is -2.53. The van der Waals surface area contributed by atoms with E-state index in [1.807, 2.05) is 67.0 Å². The second-order valence-electron chi connectivity index (χ2n) is 11.9. The summed E-state index contributed by atoms with van der Waals surface area (Å²) in [5, 5.41) is 0.986. The van der Waals surface area contributed by atoms with Gasteiger partial charge in [0.2, 0.25) is 5.91 Å². The molecule has 0 aliphatic carbocycles. The van der Waals surface area contributed by atoms with E-state index in [0.29, 0.717) is 30.4 Å². The number of hydrogen-bond acceptors (Lipinski definition) is 4. The second kappa shape index (κ2) is 9.43. The Hall–Kier alpha value is -3.48. The van der Waals surface area contributed by atoms with Gasteiger partial charge in [-0.2, -0.15) is 0 Å². The van der Waals surface area contributed by atoms with Gasteiger partial charge in [-0.15, -0.1) is 0 Å². The van der Waals surface area contributed by atoms with Gasteiger partial charge in [0.25, 0.3) is 5.91 Å². The van der Waals surface area contributed by atoms with E-state index in [1.54, 1.807) is 12.3 Å². The van der Waals surface area contributed by atoms with Crippen molar-refractivity contribution in [2.75, 3.05) is 13.1 Å². The van der Waals surface area contributed by atoms with E-state index in [1.165, 1.54) is 0 Å². The number of amides is 2. The van der Waals surface area contributed by atoms with Gasteiger partial charge < -0.3 is 14.8 Å². The summed E-state index contributed by atoms with van der Waals surface area (Å²) in [7, 11) is 0. The van der Waals surface area contributed by atoms with Gasteiger partial charge in [-0.25, -0.2) is 0 Å². The lowest BCUT2D eigenvalue weighted by atomic mass is 9.76. The largest absolute Gasteiger partial charge is 0.352 e. The van der Waals surface area contributed by atoms with Crippen LogP contribution in [0.3, 0.4) is 0 Å². The van der Waals surface area contributed by atoms with E-state index in [4.69, 9.17) is 0 Å². The van der Waals surface area contributed by atoms with E-state index in [9.17, 15) is 14.4 Å². The third-order valence-corrected chi connectivity index (χ3v) is 8.02. The van der Waals surface area contributed by atoms with Gasteiger partial charge in [0, 0.05) is 36.6 Å². The van der Waals surface area contributed by atoms with E-state index < -0.39 is 5.92 Å². The maximum atomic E-state index is 13.8. The van der Waals surface area contributed by atoms with Crippen LogP contribution in [0.1, 0.15) is 79.9 Å². The maximum absolute atomic E-state index is 13.8. The molecule has 5 rings (SSSR count). The summed E-state index contributed by atoms with van der Waals surface area (Å²) in [6, 6.07) is 13.4. The van der Waals surface area contributed by atoms with Crippen molar-refractivity contribution < 1.29 is 14.4 Å². The highest BCUT2D eigenvalue weighted by molar-refractivity contribution is 6.01. The van der Waals surface area contributed by atoms with E-state index in [-0.39, 0.29) is 41.5 Å². The highest BCUT2D eigenvalue weighted by Gasteiger charge is 2.50.